The summed E-state index contributed by atoms with van der Waals surface area (Å²) in [4.78, 5) is 19.3. The highest BCUT2D eigenvalue weighted by Crippen LogP contribution is 2.21. The second kappa shape index (κ2) is 8.22. The molecule has 1 aliphatic rings. The molecule has 1 amide bonds. The van der Waals surface area contributed by atoms with E-state index < -0.39 is 0 Å². The summed E-state index contributed by atoms with van der Waals surface area (Å²) >= 11 is 0. The summed E-state index contributed by atoms with van der Waals surface area (Å²) in [6.07, 6.45) is 6.05. The van der Waals surface area contributed by atoms with E-state index in [0.29, 0.717) is 13.0 Å². The van der Waals surface area contributed by atoms with Crippen LogP contribution >= 0.6 is 0 Å². The van der Waals surface area contributed by atoms with Crippen molar-refractivity contribution in [2.24, 2.45) is 5.92 Å². The minimum absolute atomic E-state index is 0.0600. The quantitative estimate of drug-likeness (QED) is 0.731. The molecule has 1 aliphatic heterocycles. The van der Waals surface area contributed by atoms with E-state index in [1.54, 1.807) is 6.26 Å². The molecule has 4 heterocycles. The summed E-state index contributed by atoms with van der Waals surface area (Å²) in [5.41, 5.74) is 2.34. The third kappa shape index (κ3) is 4.65. The number of nitrogens with zero attached hydrogens (tertiary/aromatic N) is 3. The second-order valence-corrected chi connectivity index (χ2v) is 7.07. The highest BCUT2D eigenvalue weighted by atomic mass is 16.3. The van der Waals surface area contributed by atoms with Crippen LogP contribution in [0.5, 0.6) is 0 Å². The van der Waals surface area contributed by atoms with E-state index in [9.17, 15) is 4.79 Å². The van der Waals surface area contributed by atoms with Crippen molar-refractivity contribution in [2.45, 2.75) is 32.6 Å². The Kier molecular flexibility index (Phi) is 5.34. The van der Waals surface area contributed by atoms with E-state index in [1.807, 2.05) is 30.5 Å². The van der Waals surface area contributed by atoms with Crippen LogP contribution in [0.2, 0.25) is 0 Å². The normalized spacial score (nSPS) is 17.3. The van der Waals surface area contributed by atoms with Crippen molar-refractivity contribution in [3.05, 3.63) is 78.3 Å². The number of rotatable bonds is 6. The molecular weight excluding hydrogens is 340 g/mol. The third-order valence-corrected chi connectivity index (χ3v) is 4.91. The number of furan rings is 1. The maximum atomic E-state index is 12.4. The fourth-order valence-corrected chi connectivity index (χ4v) is 3.67. The fraction of sp³-hybridized carbons (Fsp3) is 0.333. The molecule has 6 heteroatoms. The number of aromatic nitrogens is 2. The van der Waals surface area contributed by atoms with Crippen LogP contribution in [-0.2, 0) is 31.0 Å². The van der Waals surface area contributed by atoms with E-state index in [1.165, 1.54) is 5.69 Å². The van der Waals surface area contributed by atoms with Gasteiger partial charge in [0.25, 0.3) is 0 Å². The Morgan fingerprint density at radius 3 is 2.96 bits per heavy atom. The minimum atomic E-state index is 0.0600. The van der Waals surface area contributed by atoms with Gasteiger partial charge in [0.15, 0.2) is 0 Å². The molecule has 0 spiro atoms. The van der Waals surface area contributed by atoms with Gasteiger partial charge in [-0.05, 0) is 42.3 Å². The van der Waals surface area contributed by atoms with Gasteiger partial charge in [0.05, 0.1) is 18.5 Å². The standard InChI is InChI=1S/C21H24N4O2/c26-21(23-12-20-7-4-10-27-20)11-17-13-24(15-18-5-1-2-8-22-18)16-19-6-3-9-25(19)14-17/h1-10,17H,11-16H2,(H,23,26)/t17-/m0/s1. The Morgan fingerprint density at radius 2 is 2.15 bits per heavy atom. The van der Waals surface area contributed by atoms with E-state index in [2.05, 4.69) is 44.2 Å². The largest absolute Gasteiger partial charge is 0.467 e. The highest BCUT2D eigenvalue weighted by Gasteiger charge is 2.24. The number of pyridine rings is 1. The van der Waals surface area contributed by atoms with Crippen molar-refractivity contribution in [2.75, 3.05) is 6.54 Å². The molecule has 6 nitrogen and oxygen atoms in total. The average Bonchev–Trinajstić information content (AvgIpc) is 3.31. The maximum Gasteiger partial charge on any atom is 0.220 e. The lowest BCUT2D eigenvalue weighted by atomic mass is 10.0. The van der Waals surface area contributed by atoms with Gasteiger partial charge in [-0.1, -0.05) is 6.07 Å². The summed E-state index contributed by atoms with van der Waals surface area (Å²) in [6.45, 7) is 3.82. The molecule has 0 saturated heterocycles. The molecule has 140 valence electrons. The van der Waals surface area contributed by atoms with Crippen LogP contribution in [0.4, 0.5) is 0 Å². The number of carbonyl (C=O) groups is 1. The average molecular weight is 364 g/mol. The van der Waals surface area contributed by atoms with E-state index in [0.717, 1.165) is 37.6 Å². The molecule has 0 fully saturated rings. The molecule has 3 aromatic rings. The lowest BCUT2D eigenvalue weighted by Gasteiger charge is -2.23. The van der Waals surface area contributed by atoms with Crippen molar-refractivity contribution in [1.29, 1.82) is 0 Å². The number of amides is 1. The smallest absolute Gasteiger partial charge is 0.220 e. The molecule has 0 saturated carbocycles. The summed E-state index contributed by atoms with van der Waals surface area (Å²) in [6, 6.07) is 13.9. The third-order valence-electron chi connectivity index (χ3n) is 4.91. The van der Waals surface area contributed by atoms with Gasteiger partial charge < -0.3 is 14.3 Å². The summed E-state index contributed by atoms with van der Waals surface area (Å²) in [5.74, 6) is 1.08. The first-order valence-corrected chi connectivity index (χ1v) is 9.31. The number of nitrogens with one attached hydrogen (secondary N) is 1. The second-order valence-electron chi connectivity index (χ2n) is 7.07. The van der Waals surface area contributed by atoms with E-state index >= 15 is 0 Å². The van der Waals surface area contributed by atoms with E-state index in [-0.39, 0.29) is 11.8 Å². The molecule has 0 unspecified atom stereocenters. The first-order chi connectivity index (χ1) is 13.3. The van der Waals surface area contributed by atoms with E-state index in [4.69, 9.17) is 4.42 Å². The monoisotopic (exact) mass is 364 g/mol. The van der Waals surface area contributed by atoms with Crippen LogP contribution in [0.25, 0.3) is 0 Å². The van der Waals surface area contributed by atoms with Crippen LogP contribution in [0, 0.1) is 5.92 Å². The van der Waals surface area contributed by atoms with Crippen LogP contribution in [0.1, 0.15) is 23.6 Å². The predicted octanol–water partition coefficient (Wildman–Crippen LogP) is 2.81. The van der Waals surface area contributed by atoms with Gasteiger partial charge in [0.1, 0.15) is 5.76 Å². The Balaban J connectivity index is 1.41. The van der Waals surface area contributed by atoms with Gasteiger partial charge in [-0.25, -0.2) is 0 Å². The Hall–Kier alpha value is -2.86. The molecule has 27 heavy (non-hydrogen) atoms. The van der Waals surface area contributed by atoms with Crippen molar-refractivity contribution in [3.63, 3.8) is 0 Å². The van der Waals surface area contributed by atoms with Crippen molar-refractivity contribution >= 4 is 5.91 Å². The van der Waals surface area contributed by atoms with Crippen LogP contribution in [0.15, 0.2) is 65.5 Å². The number of hydrogen-bond acceptors (Lipinski definition) is 4. The zero-order chi connectivity index (χ0) is 18.5. The molecule has 0 bridgehead atoms. The van der Waals surface area contributed by atoms with Gasteiger partial charge >= 0.3 is 0 Å². The first-order valence-electron chi connectivity index (χ1n) is 9.31. The van der Waals surface area contributed by atoms with Gasteiger partial charge in [-0.15, -0.1) is 0 Å². The zero-order valence-corrected chi connectivity index (χ0v) is 15.3. The minimum Gasteiger partial charge on any atom is -0.467 e. The molecule has 1 N–H and O–H groups in total. The first kappa shape index (κ1) is 17.5. The van der Waals surface area contributed by atoms with Gasteiger partial charge in [-0.2, -0.15) is 0 Å². The van der Waals surface area contributed by atoms with Gasteiger partial charge in [-0.3, -0.25) is 14.7 Å². The Labute approximate surface area is 158 Å². The summed E-state index contributed by atoms with van der Waals surface area (Å²) in [7, 11) is 0. The van der Waals surface area contributed by atoms with Gasteiger partial charge in [0.2, 0.25) is 5.91 Å². The molecule has 3 aromatic heterocycles. The molecule has 1 atom stereocenters. The topological polar surface area (TPSA) is 63.3 Å². The molecular formula is C21H24N4O2. The zero-order valence-electron chi connectivity index (χ0n) is 15.3. The van der Waals surface area contributed by atoms with Crippen LogP contribution in [-0.4, -0.2) is 26.9 Å². The van der Waals surface area contributed by atoms with Crippen molar-refractivity contribution in [3.8, 4) is 0 Å². The van der Waals surface area contributed by atoms with Gasteiger partial charge in [0, 0.05) is 50.7 Å². The Bertz CT molecular complexity index is 857. The molecule has 0 aromatic carbocycles. The summed E-state index contributed by atoms with van der Waals surface area (Å²) in [5, 5.41) is 2.96. The fourth-order valence-electron chi connectivity index (χ4n) is 3.67. The molecule has 0 radical (unpaired) electrons. The Morgan fingerprint density at radius 1 is 1.19 bits per heavy atom. The number of hydrogen-bond donors (Lipinski definition) is 1. The highest BCUT2D eigenvalue weighted by molar-refractivity contribution is 5.76. The van der Waals surface area contributed by atoms with Crippen LogP contribution < -0.4 is 5.32 Å². The molecule has 0 aliphatic carbocycles. The molecule has 4 rings (SSSR count). The predicted molar refractivity (Wildman–Crippen MR) is 101 cm³/mol. The SMILES string of the molecule is O=C(C[C@H]1CN(Cc2ccccn2)Cc2cccn2C1)NCc1ccco1. The number of fused-ring (bicyclic) bond motifs is 1. The lowest BCUT2D eigenvalue weighted by molar-refractivity contribution is -0.122. The van der Waals surface area contributed by atoms with Crippen molar-refractivity contribution in [1.82, 2.24) is 19.8 Å². The van der Waals surface area contributed by atoms with Crippen LogP contribution in [0.3, 0.4) is 0 Å². The lowest BCUT2D eigenvalue weighted by Crippen LogP contribution is -2.32. The summed E-state index contributed by atoms with van der Waals surface area (Å²) < 4.78 is 7.55. The van der Waals surface area contributed by atoms with Crippen molar-refractivity contribution < 1.29 is 9.21 Å². The maximum absolute atomic E-state index is 12.4. The number of carbonyl (C=O) groups excluding carboxylic acids is 1.